The van der Waals surface area contributed by atoms with Crippen molar-refractivity contribution >= 4 is 18.9 Å². The SMILES string of the molecule is CCOP(=O)(OCC)c1cc([N+](=O)[O-])on1. The van der Waals surface area contributed by atoms with Crippen molar-refractivity contribution in [3.63, 3.8) is 0 Å². The van der Waals surface area contributed by atoms with E-state index in [1.165, 1.54) is 0 Å². The van der Waals surface area contributed by atoms with Crippen molar-refractivity contribution in [2.75, 3.05) is 13.2 Å². The van der Waals surface area contributed by atoms with E-state index in [0.717, 1.165) is 6.07 Å². The molecule has 1 aromatic heterocycles. The minimum Gasteiger partial charge on any atom is -0.304 e. The second-order valence-electron chi connectivity index (χ2n) is 2.61. The van der Waals surface area contributed by atoms with Crippen molar-refractivity contribution in [2.24, 2.45) is 0 Å². The summed E-state index contributed by atoms with van der Waals surface area (Å²) >= 11 is 0. The van der Waals surface area contributed by atoms with Crippen molar-refractivity contribution in [2.45, 2.75) is 13.8 Å². The van der Waals surface area contributed by atoms with Gasteiger partial charge in [0.05, 0.1) is 19.3 Å². The molecule has 0 saturated carbocycles. The fraction of sp³-hybridized carbons (Fsp3) is 0.571. The Balaban J connectivity index is 3.01. The highest BCUT2D eigenvalue weighted by Gasteiger charge is 2.33. The monoisotopic (exact) mass is 250 g/mol. The molecule has 0 N–H and O–H groups in total. The summed E-state index contributed by atoms with van der Waals surface area (Å²) in [6.07, 6.45) is 0. The Labute approximate surface area is 91.2 Å². The summed E-state index contributed by atoms with van der Waals surface area (Å²) in [5, 5.41) is 13.7. The van der Waals surface area contributed by atoms with Crippen molar-refractivity contribution in [3.8, 4) is 0 Å². The lowest BCUT2D eigenvalue weighted by Gasteiger charge is -2.12. The lowest BCUT2D eigenvalue weighted by Crippen LogP contribution is -2.11. The Hall–Kier alpha value is -1.24. The van der Waals surface area contributed by atoms with Crippen LogP contribution in [0.5, 0.6) is 0 Å². The quantitative estimate of drug-likeness (QED) is 0.427. The molecule has 1 aromatic rings. The largest absolute Gasteiger partial charge is 0.456 e. The summed E-state index contributed by atoms with van der Waals surface area (Å²) in [6.45, 7) is 3.52. The normalized spacial score (nSPS) is 11.6. The second-order valence-corrected chi connectivity index (χ2v) is 4.58. The first-order valence-corrected chi connectivity index (χ1v) is 6.08. The summed E-state index contributed by atoms with van der Waals surface area (Å²) in [6, 6.07) is 0.937. The van der Waals surface area contributed by atoms with E-state index in [1.807, 2.05) is 0 Å². The van der Waals surface area contributed by atoms with Crippen LogP contribution in [-0.2, 0) is 13.6 Å². The first-order chi connectivity index (χ1) is 7.53. The zero-order valence-electron chi connectivity index (χ0n) is 8.78. The highest BCUT2D eigenvalue weighted by molar-refractivity contribution is 7.61. The highest BCUT2D eigenvalue weighted by atomic mass is 31.2. The Bertz CT molecular complexity index is 407. The van der Waals surface area contributed by atoms with Gasteiger partial charge >= 0.3 is 13.5 Å². The molecule has 0 bridgehead atoms. The molecule has 0 aromatic carbocycles. The third kappa shape index (κ3) is 2.66. The predicted octanol–water partition coefficient (Wildman–Crippen LogP) is 1.47. The fourth-order valence-corrected chi connectivity index (χ4v) is 2.41. The van der Waals surface area contributed by atoms with E-state index in [2.05, 4.69) is 9.68 Å². The maximum absolute atomic E-state index is 12.1. The molecule has 0 amide bonds. The van der Waals surface area contributed by atoms with Crippen LogP contribution < -0.4 is 5.44 Å². The van der Waals surface area contributed by atoms with Crippen molar-refractivity contribution in [1.82, 2.24) is 5.16 Å². The number of rotatable bonds is 6. The van der Waals surface area contributed by atoms with Gasteiger partial charge in [-0.3, -0.25) is 19.2 Å². The molecular formula is C7H11N2O6P. The van der Waals surface area contributed by atoms with Gasteiger partial charge in [0.25, 0.3) is 0 Å². The molecule has 0 aliphatic rings. The van der Waals surface area contributed by atoms with Gasteiger partial charge in [0.2, 0.25) is 5.44 Å². The summed E-state index contributed by atoms with van der Waals surface area (Å²) in [7, 11) is -3.60. The maximum Gasteiger partial charge on any atom is 0.456 e. The minimum absolute atomic E-state index is 0.137. The Kier molecular flexibility index (Phi) is 4.17. The maximum atomic E-state index is 12.1. The van der Waals surface area contributed by atoms with E-state index in [-0.39, 0.29) is 18.6 Å². The van der Waals surface area contributed by atoms with Crippen molar-refractivity contribution in [1.29, 1.82) is 0 Å². The third-order valence-corrected chi connectivity index (χ3v) is 3.51. The summed E-state index contributed by atoms with van der Waals surface area (Å²) in [5.74, 6) is -0.602. The summed E-state index contributed by atoms with van der Waals surface area (Å²) in [4.78, 5) is 9.58. The molecule has 9 heteroatoms. The molecule has 0 aliphatic heterocycles. The van der Waals surface area contributed by atoms with Gasteiger partial charge in [-0.25, -0.2) is 0 Å². The van der Waals surface area contributed by atoms with Crippen LogP contribution in [0, 0.1) is 10.1 Å². The molecule has 0 fully saturated rings. The lowest BCUT2D eigenvalue weighted by atomic mass is 10.7. The molecule has 90 valence electrons. The molecule has 8 nitrogen and oxygen atoms in total. The summed E-state index contributed by atoms with van der Waals surface area (Å²) < 4.78 is 26.3. The van der Waals surface area contributed by atoms with Crippen LogP contribution in [0.1, 0.15) is 13.8 Å². The average Bonchev–Trinajstić information content (AvgIpc) is 2.67. The standard InChI is InChI=1S/C7H11N2O6P/c1-3-13-16(12,14-4-2)6-5-7(9(10)11)15-8-6/h5H,3-4H2,1-2H3. The zero-order valence-corrected chi connectivity index (χ0v) is 9.68. The van der Waals surface area contributed by atoms with Crippen LogP contribution in [-0.4, -0.2) is 23.3 Å². The molecule has 1 rings (SSSR count). The Morgan fingerprint density at radius 3 is 2.44 bits per heavy atom. The van der Waals surface area contributed by atoms with E-state index < -0.39 is 18.4 Å². The number of nitro groups is 1. The Morgan fingerprint density at radius 2 is 2.06 bits per heavy atom. The van der Waals surface area contributed by atoms with Crippen LogP contribution in [0.3, 0.4) is 0 Å². The van der Waals surface area contributed by atoms with Gasteiger partial charge in [-0.05, 0) is 13.8 Å². The molecule has 0 unspecified atom stereocenters. The van der Waals surface area contributed by atoms with Gasteiger partial charge in [-0.15, -0.1) is 0 Å². The van der Waals surface area contributed by atoms with E-state index >= 15 is 0 Å². The zero-order chi connectivity index (χ0) is 12.2. The molecule has 0 saturated heterocycles. The number of nitrogens with zero attached hydrogens (tertiary/aromatic N) is 2. The molecule has 0 radical (unpaired) electrons. The van der Waals surface area contributed by atoms with Crippen molar-refractivity contribution in [3.05, 3.63) is 16.2 Å². The van der Waals surface area contributed by atoms with Gasteiger partial charge in [0.1, 0.15) is 4.92 Å². The molecule has 0 aliphatic carbocycles. The molecule has 1 heterocycles. The molecular weight excluding hydrogens is 239 g/mol. The van der Waals surface area contributed by atoms with E-state index in [9.17, 15) is 14.7 Å². The van der Waals surface area contributed by atoms with Crippen LogP contribution in [0.25, 0.3) is 0 Å². The number of hydrogen-bond acceptors (Lipinski definition) is 7. The molecule has 0 atom stereocenters. The van der Waals surface area contributed by atoms with E-state index in [4.69, 9.17) is 9.05 Å². The lowest BCUT2D eigenvalue weighted by molar-refractivity contribution is -0.404. The van der Waals surface area contributed by atoms with Crippen molar-refractivity contribution < 1.29 is 23.1 Å². The van der Waals surface area contributed by atoms with E-state index in [0.29, 0.717) is 0 Å². The van der Waals surface area contributed by atoms with Gasteiger partial charge in [-0.2, -0.15) is 0 Å². The fourth-order valence-electron chi connectivity index (χ4n) is 0.981. The Morgan fingerprint density at radius 1 is 1.50 bits per heavy atom. The van der Waals surface area contributed by atoms with Crippen LogP contribution >= 0.6 is 7.60 Å². The van der Waals surface area contributed by atoms with Crippen LogP contribution in [0.4, 0.5) is 5.88 Å². The van der Waals surface area contributed by atoms with Crippen LogP contribution in [0.15, 0.2) is 10.6 Å². The minimum atomic E-state index is -3.60. The smallest absolute Gasteiger partial charge is 0.304 e. The van der Waals surface area contributed by atoms with Gasteiger partial charge < -0.3 is 9.05 Å². The topological polar surface area (TPSA) is 105 Å². The van der Waals surface area contributed by atoms with Gasteiger partial charge in [0.15, 0.2) is 0 Å². The second kappa shape index (κ2) is 5.20. The van der Waals surface area contributed by atoms with E-state index in [1.54, 1.807) is 13.8 Å². The molecule has 16 heavy (non-hydrogen) atoms. The summed E-state index contributed by atoms with van der Waals surface area (Å²) in [5.41, 5.74) is -0.192. The van der Waals surface area contributed by atoms with Gasteiger partial charge in [0, 0.05) is 0 Å². The first kappa shape index (κ1) is 12.8. The van der Waals surface area contributed by atoms with Crippen LogP contribution in [0.2, 0.25) is 0 Å². The first-order valence-electron chi connectivity index (χ1n) is 4.54. The number of hydrogen-bond donors (Lipinski definition) is 0. The van der Waals surface area contributed by atoms with Gasteiger partial charge in [-0.1, -0.05) is 5.16 Å². The predicted molar refractivity (Wildman–Crippen MR) is 53.6 cm³/mol. The number of aromatic nitrogens is 1. The third-order valence-electron chi connectivity index (χ3n) is 1.54. The average molecular weight is 250 g/mol. The highest BCUT2D eigenvalue weighted by Crippen LogP contribution is 2.46. The molecule has 0 spiro atoms.